The number of rotatable bonds is 3. The van der Waals surface area contributed by atoms with Crippen LogP contribution in [0, 0.1) is 19.7 Å². The number of nitrogens with zero attached hydrogens (tertiary/aromatic N) is 1. The van der Waals surface area contributed by atoms with Crippen LogP contribution in [0.3, 0.4) is 0 Å². The summed E-state index contributed by atoms with van der Waals surface area (Å²) in [6.45, 7) is 5.38. The fourth-order valence-corrected chi connectivity index (χ4v) is 2.15. The van der Waals surface area contributed by atoms with Gasteiger partial charge in [0.2, 0.25) is 0 Å². The molecule has 1 atom stereocenters. The van der Waals surface area contributed by atoms with Crippen LogP contribution >= 0.6 is 0 Å². The Kier molecular flexibility index (Phi) is 3.64. The van der Waals surface area contributed by atoms with Gasteiger partial charge >= 0.3 is 0 Å². The smallest absolute Gasteiger partial charge is 0.256 e. The van der Waals surface area contributed by atoms with Gasteiger partial charge in [0.15, 0.2) is 0 Å². The zero-order valence-electron chi connectivity index (χ0n) is 11.1. The van der Waals surface area contributed by atoms with Crippen molar-refractivity contribution in [2.45, 2.75) is 26.8 Å². The SMILES string of the molecule is Cc1nc(C)c(C(C)Nc2cccc(F)c2)c(=O)[nH]1. The van der Waals surface area contributed by atoms with Crippen molar-refractivity contribution in [3.8, 4) is 0 Å². The third-order valence-corrected chi connectivity index (χ3v) is 2.91. The van der Waals surface area contributed by atoms with Gasteiger partial charge in [0.25, 0.3) is 5.56 Å². The molecule has 2 N–H and O–H groups in total. The monoisotopic (exact) mass is 261 g/mol. The molecule has 2 rings (SSSR count). The first-order valence-corrected chi connectivity index (χ1v) is 6.07. The van der Waals surface area contributed by atoms with E-state index in [1.54, 1.807) is 26.0 Å². The van der Waals surface area contributed by atoms with E-state index in [-0.39, 0.29) is 17.4 Å². The van der Waals surface area contributed by atoms with Gasteiger partial charge in [0.1, 0.15) is 11.6 Å². The number of hydrogen-bond donors (Lipinski definition) is 2. The molecule has 2 aromatic rings. The highest BCUT2D eigenvalue weighted by Crippen LogP contribution is 2.18. The zero-order chi connectivity index (χ0) is 14.0. The van der Waals surface area contributed by atoms with Crippen molar-refractivity contribution >= 4 is 5.69 Å². The van der Waals surface area contributed by atoms with Crippen LogP contribution in [-0.2, 0) is 0 Å². The number of H-pyrrole nitrogens is 1. The van der Waals surface area contributed by atoms with Crippen LogP contribution in [0.5, 0.6) is 0 Å². The van der Waals surface area contributed by atoms with Gasteiger partial charge in [-0.15, -0.1) is 0 Å². The Hall–Kier alpha value is -2.17. The molecule has 0 aliphatic heterocycles. The van der Waals surface area contributed by atoms with Gasteiger partial charge in [0, 0.05) is 5.69 Å². The number of anilines is 1. The van der Waals surface area contributed by atoms with Crippen LogP contribution in [0.1, 0.15) is 30.0 Å². The summed E-state index contributed by atoms with van der Waals surface area (Å²) < 4.78 is 13.1. The number of hydrogen-bond acceptors (Lipinski definition) is 3. The normalized spacial score (nSPS) is 12.2. The van der Waals surface area contributed by atoms with Crippen molar-refractivity contribution in [2.75, 3.05) is 5.32 Å². The highest BCUT2D eigenvalue weighted by molar-refractivity contribution is 5.45. The maximum atomic E-state index is 13.1. The summed E-state index contributed by atoms with van der Waals surface area (Å²) in [7, 11) is 0. The molecule has 1 aromatic heterocycles. The second-order valence-corrected chi connectivity index (χ2v) is 4.53. The van der Waals surface area contributed by atoms with Crippen molar-refractivity contribution in [2.24, 2.45) is 0 Å². The van der Waals surface area contributed by atoms with Crippen LogP contribution in [-0.4, -0.2) is 9.97 Å². The summed E-state index contributed by atoms with van der Waals surface area (Å²) in [5, 5.41) is 3.10. The second kappa shape index (κ2) is 5.22. The summed E-state index contributed by atoms with van der Waals surface area (Å²) in [4.78, 5) is 18.9. The quantitative estimate of drug-likeness (QED) is 0.893. The number of halogens is 1. The molecular formula is C14H16FN3O. The molecule has 0 fully saturated rings. The first kappa shape index (κ1) is 13.3. The number of nitrogens with one attached hydrogen (secondary N) is 2. The van der Waals surface area contributed by atoms with E-state index >= 15 is 0 Å². The van der Waals surface area contributed by atoms with Crippen LogP contribution in [0.15, 0.2) is 29.1 Å². The summed E-state index contributed by atoms with van der Waals surface area (Å²) in [5.41, 5.74) is 1.71. The van der Waals surface area contributed by atoms with Crippen LogP contribution in [0.2, 0.25) is 0 Å². The lowest BCUT2D eigenvalue weighted by Gasteiger charge is -2.16. The molecule has 1 heterocycles. The number of benzene rings is 1. The molecule has 19 heavy (non-hydrogen) atoms. The predicted octanol–water partition coefficient (Wildman–Crippen LogP) is 2.70. The van der Waals surface area contributed by atoms with Crippen molar-refractivity contribution < 1.29 is 4.39 Å². The fourth-order valence-electron chi connectivity index (χ4n) is 2.15. The third-order valence-electron chi connectivity index (χ3n) is 2.91. The van der Waals surface area contributed by atoms with E-state index < -0.39 is 0 Å². The molecule has 0 spiro atoms. The molecular weight excluding hydrogens is 245 g/mol. The Morgan fingerprint density at radius 3 is 2.74 bits per heavy atom. The number of aryl methyl sites for hydroxylation is 2. The summed E-state index contributed by atoms with van der Waals surface area (Å²) >= 11 is 0. The molecule has 0 aliphatic rings. The van der Waals surface area contributed by atoms with E-state index in [4.69, 9.17) is 0 Å². The molecule has 1 unspecified atom stereocenters. The number of aromatic amines is 1. The molecule has 0 radical (unpaired) electrons. The van der Waals surface area contributed by atoms with Gasteiger partial charge in [-0.3, -0.25) is 4.79 Å². The zero-order valence-corrected chi connectivity index (χ0v) is 11.1. The van der Waals surface area contributed by atoms with Crippen molar-refractivity contribution in [1.29, 1.82) is 0 Å². The van der Waals surface area contributed by atoms with Crippen molar-refractivity contribution in [3.05, 3.63) is 57.5 Å². The molecule has 1 aromatic carbocycles. The molecule has 4 nitrogen and oxygen atoms in total. The Morgan fingerprint density at radius 2 is 2.11 bits per heavy atom. The lowest BCUT2D eigenvalue weighted by atomic mass is 10.1. The molecule has 0 saturated heterocycles. The van der Waals surface area contributed by atoms with Crippen molar-refractivity contribution in [1.82, 2.24) is 9.97 Å². The summed E-state index contributed by atoms with van der Waals surface area (Å²) in [5.74, 6) is 0.272. The van der Waals surface area contributed by atoms with E-state index in [1.807, 2.05) is 6.92 Å². The van der Waals surface area contributed by atoms with Crippen LogP contribution in [0.25, 0.3) is 0 Å². The molecule has 0 saturated carbocycles. The lowest BCUT2D eigenvalue weighted by molar-refractivity contribution is 0.628. The minimum atomic E-state index is -0.315. The fraction of sp³-hybridized carbons (Fsp3) is 0.286. The maximum absolute atomic E-state index is 13.1. The first-order chi connectivity index (χ1) is 8.97. The van der Waals surface area contributed by atoms with E-state index in [0.29, 0.717) is 22.8 Å². The maximum Gasteiger partial charge on any atom is 0.256 e. The first-order valence-electron chi connectivity index (χ1n) is 6.07. The Morgan fingerprint density at radius 1 is 1.37 bits per heavy atom. The minimum absolute atomic E-state index is 0.165. The molecule has 100 valence electrons. The predicted molar refractivity (Wildman–Crippen MR) is 72.8 cm³/mol. The summed E-state index contributed by atoms with van der Waals surface area (Å²) in [6, 6.07) is 5.89. The average Bonchev–Trinajstić information content (AvgIpc) is 2.27. The standard InChI is InChI=1S/C14H16FN3O/c1-8-13(14(19)18-10(3)16-8)9(2)17-12-6-4-5-11(15)7-12/h4-7,9,17H,1-3H3,(H,16,18,19). The van der Waals surface area contributed by atoms with E-state index in [1.165, 1.54) is 12.1 Å². The van der Waals surface area contributed by atoms with Crippen LogP contribution in [0.4, 0.5) is 10.1 Å². The van der Waals surface area contributed by atoms with Crippen LogP contribution < -0.4 is 10.9 Å². The second-order valence-electron chi connectivity index (χ2n) is 4.53. The Bertz CT molecular complexity index is 651. The van der Waals surface area contributed by atoms with Gasteiger partial charge in [-0.25, -0.2) is 9.37 Å². The molecule has 0 aliphatic carbocycles. The van der Waals surface area contributed by atoms with Gasteiger partial charge in [0.05, 0.1) is 17.3 Å². The molecule has 0 amide bonds. The lowest BCUT2D eigenvalue weighted by Crippen LogP contribution is -2.23. The van der Waals surface area contributed by atoms with Gasteiger partial charge < -0.3 is 10.3 Å². The summed E-state index contributed by atoms with van der Waals surface area (Å²) in [6.07, 6.45) is 0. The minimum Gasteiger partial charge on any atom is -0.378 e. The number of aromatic nitrogens is 2. The third kappa shape index (κ3) is 2.99. The topological polar surface area (TPSA) is 57.8 Å². The van der Waals surface area contributed by atoms with E-state index in [2.05, 4.69) is 15.3 Å². The highest BCUT2D eigenvalue weighted by atomic mass is 19.1. The largest absolute Gasteiger partial charge is 0.378 e. The van der Waals surface area contributed by atoms with E-state index in [9.17, 15) is 9.18 Å². The Labute approximate surface area is 110 Å². The molecule has 5 heteroatoms. The highest BCUT2D eigenvalue weighted by Gasteiger charge is 2.14. The average molecular weight is 261 g/mol. The molecule has 0 bridgehead atoms. The van der Waals surface area contributed by atoms with Crippen molar-refractivity contribution in [3.63, 3.8) is 0 Å². The van der Waals surface area contributed by atoms with Gasteiger partial charge in [-0.2, -0.15) is 0 Å². The van der Waals surface area contributed by atoms with Gasteiger partial charge in [-0.05, 0) is 39.0 Å². The Balaban J connectivity index is 2.30. The van der Waals surface area contributed by atoms with Gasteiger partial charge in [-0.1, -0.05) is 6.07 Å². The van der Waals surface area contributed by atoms with E-state index in [0.717, 1.165) is 0 Å².